The molecule has 3 aromatic rings. The summed E-state index contributed by atoms with van der Waals surface area (Å²) >= 11 is 1.71. The van der Waals surface area contributed by atoms with Gasteiger partial charge in [-0.05, 0) is 31.0 Å². The number of methoxy groups -OCH3 is 2. The van der Waals surface area contributed by atoms with Gasteiger partial charge in [-0.1, -0.05) is 31.4 Å². The van der Waals surface area contributed by atoms with Crippen molar-refractivity contribution < 1.29 is 14.3 Å². The lowest BCUT2D eigenvalue weighted by Crippen LogP contribution is -2.32. The highest BCUT2D eigenvalue weighted by molar-refractivity contribution is 7.99. The van der Waals surface area contributed by atoms with Gasteiger partial charge in [0.05, 0.1) is 14.2 Å². The van der Waals surface area contributed by atoms with E-state index < -0.39 is 5.69 Å². The third-order valence-electron chi connectivity index (χ3n) is 5.51. The van der Waals surface area contributed by atoms with Gasteiger partial charge in [0.1, 0.15) is 11.6 Å². The van der Waals surface area contributed by atoms with Crippen molar-refractivity contribution in [3.05, 3.63) is 46.4 Å². The van der Waals surface area contributed by atoms with Gasteiger partial charge in [-0.25, -0.2) is 9.48 Å². The van der Waals surface area contributed by atoms with E-state index in [4.69, 9.17) is 9.47 Å². The lowest BCUT2D eigenvalue weighted by Gasteiger charge is -2.20. The summed E-state index contributed by atoms with van der Waals surface area (Å²) in [5, 5.41) is 12.8. The maximum Gasteiger partial charge on any atom is 0.367 e. The van der Waals surface area contributed by atoms with Crippen LogP contribution in [0.1, 0.15) is 37.7 Å². The first kappa shape index (κ1) is 22.2. The van der Waals surface area contributed by atoms with E-state index in [9.17, 15) is 9.59 Å². The molecule has 0 aliphatic heterocycles. The van der Waals surface area contributed by atoms with Crippen LogP contribution in [0.25, 0.3) is 5.65 Å². The number of amides is 1. The quantitative estimate of drug-likeness (QED) is 0.555. The van der Waals surface area contributed by atoms with E-state index in [1.807, 2.05) is 18.2 Å². The van der Waals surface area contributed by atoms with E-state index >= 15 is 0 Å². The van der Waals surface area contributed by atoms with Crippen molar-refractivity contribution in [1.82, 2.24) is 24.7 Å². The van der Waals surface area contributed by atoms with Gasteiger partial charge in [-0.2, -0.15) is 9.61 Å². The average Bonchev–Trinajstić information content (AvgIpc) is 3.12. The second-order valence-electron chi connectivity index (χ2n) is 7.69. The van der Waals surface area contributed by atoms with Crippen LogP contribution in [0.3, 0.4) is 0 Å². The molecule has 1 amide bonds. The summed E-state index contributed by atoms with van der Waals surface area (Å²) < 4.78 is 13.1. The summed E-state index contributed by atoms with van der Waals surface area (Å²) in [7, 11) is 3.11. The maximum atomic E-state index is 12.7. The highest BCUT2D eigenvalue weighted by atomic mass is 32.2. The van der Waals surface area contributed by atoms with Gasteiger partial charge in [-0.3, -0.25) is 4.79 Å². The minimum Gasteiger partial charge on any atom is -0.493 e. The molecule has 0 spiro atoms. The number of hydrogen-bond acceptors (Lipinski definition) is 7. The van der Waals surface area contributed by atoms with Gasteiger partial charge in [0.2, 0.25) is 5.91 Å². The zero-order valence-corrected chi connectivity index (χ0v) is 19.1. The Morgan fingerprint density at radius 2 is 1.94 bits per heavy atom. The van der Waals surface area contributed by atoms with Crippen molar-refractivity contribution in [3.8, 4) is 11.5 Å². The minimum atomic E-state index is -0.430. The van der Waals surface area contributed by atoms with Crippen molar-refractivity contribution in [2.45, 2.75) is 55.5 Å². The molecule has 1 fully saturated rings. The normalized spacial score (nSPS) is 14.4. The Labute approximate surface area is 190 Å². The number of benzene rings is 1. The van der Waals surface area contributed by atoms with Crippen LogP contribution < -0.4 is 20.5 Å². The fraction of sp³-hybridized carbons (Fsp3) is 0.455. The monoisotopic (exact) mass is 457 g/mol. The van der Waals surface area contributed by atoms with Crippen LogP contribution in [-0.4, -0.2) is 44.8 Å². The summed E-state index contributed by atoms with van der Waals surface area (Å²) in [5.74, 6) is 0.813. The molecule has 0 atom stereocenters. The number of para-hydroxylation sites is 1. The Kier molecular flexibility index (Phi) is 6.99. The van der Waals surface area contributed by atoms with Gasteiger partial charge in [0, 0.05) is 17.4 Å². The van der Waals surface area contributed by atoms with E-state index in [-0.39, 0.29) is 19.0 Å². The Morgan fingerprint density at radius 3 is 2.69 bits per heavy atom. The number of rotatable bonds is 8. The number of carbonyl (C=O) groups is 1. The number of hydrogen-bond donors (Lipinski definition) is 1. The molecule has 0 unspecified atom stereocenters. The number of nitrogens with zero attached hydrogens (tertiary/aromatic N) is 4. The number of fused-ring (bicyclic) bond motifs is 1. The summed E-state index contributed by atoms with van der Waals surface area (Å²) in [6, 6.07) is 9.11. The van der Waals surface area contributed by atoms with Crippen LogP contribution in [-0.2, 0) is 17.9 Å². The Balaban J connectivity index is 1.43. The number of carbonyl (C=O) groups excluding carboxylic acids is 1. The number of thioether (sulfide) groups is 1. The van der Waals surface area contributed by atoms with E-state index in [0.29, 0.717) is 22.4 Å². The molecular formula is C22H27N5O4S. The number of nitrogens with one attached hydrogen (secondary N) is 1. The second-order valence-corrected chi connectivity index (χ2v) is 9.01. The van der Waals surface area contributed by atoms with Crippen LogP contribution in [0.5, 0.6) is 11.5 Å². The smallest absolute Gasteiger partial charge is 0.367 e. The first-order valence-corrected chi connectivity index (χ1v) is 11.6. The van der Waals surface area contributed by atoms with Crippen molar-refractivity contribution in [1.29, 1.82) is 0 Å². The molecule has 1 saturated carbocycles. The van der Waals surface area contributed by atoms with E-state index in [2.05, 4.69) is 15.5 Å². The molecule has 10 heteroatoms. The Morgan fingerprint density at radius 1 is 1.12 bits per heavy atom. The van der Waals surface area contributed by atoms with Gasteiger partial charge in [-0.15, -0.1) is 16.9 Å². The molecule has 1 aliphatic carbocycles. The van der Waals surface area contributed by atoms with Crippen LogP contribution in [0, 0.1) is 0 Å². The predicted octanol–water partition coefficient (Wildman–Crippen LogP) is 2.65. The molecular weight excluding hydrogens is 430 g/mol. The van der Waals surface area contributed by atoms with Gasteiger partial charge >= 0.3 is 5.69 Å². The zero-order chi connectivity index (χ0) is 22.5. The molecule has 1 aromatic carbocycles. The lowest BCUT2D eigenvalue weighted by atomic mass is 10.0. The molecule has 1 aliphatic rings. The molecule has 2 heterocycles. The fourth-order valence-corrected chi connectivity index (χ4v) is 5.08. The summed E-state index contributed by atoms with van der Waals surface area (Å²) in [5.41, 5.74) is 0.763. The summed E-state index contributed by atoms with van der Waals surface area (Å²) in [4.78, 5) is 25.2. The maximum absolute atomic E-state index is 12.7. The molecule has 4 rings (SSSR count). The second kappa shape index (κ2) is 10.1. The summed E-state index contributed by atoms with van der Waals surface area (Å²) in [6.07, 6.45) is 6.14. The lowest BCUT2D eigenvalue weighted by molar-refractivity contribution is -0.122. The fourth-order valence-electron chi connectivity index (χ4n) is 3.89. The summed E-state index contributed by atoms with van der Waals surface area (Å²) in [6.45, 7) is 0.0430. The van der Waals surface area contributed by atoms with Gasteiger partial charge in [0.15, 0.2) is 17.1 Å². The molecule has 0 saturated heterocycles. The van der Waals surface area contributed by atoms with Crippen molar-refractivity contribution in [3.63, 3.8) is 0 Å². The highest BCUT2D eigenvalue weighted by Gasteiger charge is 2.17. The van der Waals surface area contributed by atoms with Crippen molar-refractivity contribution in [2.75, 3.05) is 14.2 Å². The standard InChI is InChI=1S/C22H27N5O4S/c1-30-17-10-6-7-15(21(17)31-2)13-23-19(28)14-26-22(29)27-18(24-26)11-12-20(25-27)32-16-8-4-3-5-9-16/h6-7,10-12,16H,3-5,8-9,13-14H2,1-2H3,(H,23,28). The van der Waals surface area contributed by atoms with E-state index in [1.54, 1.807) is 38.1 Å². The number of ether oxygens (including phenoxy) is 2. The van der Waals surface area contributed by atoms with Crippen LogP contribution in [0.15, 0.2) is 40.2 Å². The van der Waals surface area contributed by atoms with Crippen molar-refractivity contribution in [2.24, 2.45) is 0 Å². The van der Waals surface area contributed by atoms with E-state index in [0.717, 1.165) is 15.3 Å². The Hall–Kier alpha value is -3.01. The number of aromatic nitrogens is 4. The van der Waals surface area contributed by atoms with Crippen LogP contribution >= 0.6 is 11.8 Å². The molecule has 0 radical (unpaired) electrons. The first-order chi connectivity index (χ1) is 15.6. The van der Waals surface area contributed by atoms with Gasteiger partial charge < -0.3 is 14.8 Å². The third-order valence-corrected chi connectivity index (χ3v) is 6.77. The van der Waals surface area contributed by atoms with Crippen LogP contribution in [0.2, 0.25) is 0 Å². The molecule has 1 N–H and O–H groups in total. The SMILES string of the molecule is COc1cccc(CNC(=O)Cn2nc3ccc(SC4CCCCC4)nn3c2=O)c1OC. The Bertz CT molecular complexity index is 1150. The largest absolute Gasteiger partial charge is 0.493 e. The third kappa shape index (κ3) is 4.90. The highest BCUT2D eigenvalue weighted by Crippen LogP contribution is 2.32. The molecule has 0 bridgehead atoms. The van der Waals surface area contributed by atoms with Gasteiger partial charge in [0.25, 0.3) is 0 Å². The predicted molar refractivity (Wildman–Crippen MR) is 121 cm³/mol. The van der Waals surface area contributed by atoms with E-state index in [1.165, 1.54) is 36.6 Å². The zero-order valence-electron chi connectivity index (χ0n) is 18.2. The first-order valence-electron chi connectivity index (χ1n) is 10.7. The van der Waals surface area contributed by atoms with Crippen LogP contribution in [0.4, 0.5) is 0 Å². The molecule has 32 heavy (non-hydrogen) atoms. The average molecular weight is 458 g/mol. The molecule has 170 valence electrons. The topological polar surface area (TPSA) is 99.7 Å². The molecule has 2 aromatic heterocycles. The minimum absolute atomic E-state index is 0.195. The van der Waals surface area contributed by atoms with Crippen molar-refractivity contribution >= 4 is 23.3 Å². The molecule has 9 nitrogen and oxygen atoms in total.